The minimum atomic E-state index is -0.701. The first kappa shape index (κ1) is 23.5. The maximum Gasteiger partial charge on any atom is 0.272 e. The van der Waals surface area contributed by atoms with Gasteiger partial charge in [0.1, 0.15) is 6.04 Å². The van der Waals surface area contributed by atoms with E-state index in [9.17, 15) is 9.59 Å². The molecule has 2 rings (SSSR count). The predicted molar refractivity (Wildman–Crippen MR) is 122 cm³/mol. The number of nitrogens with one attached hydrogen (secondary N) is 2. The number of hydrogen-bond acceptors (Lipinski definition) is 6. The maximum atomic E-state index is 12.8. The number of anilines is 1. The van der Waals surface area contributed by atoms with Crippen molar-refractivity contribution in [3.63, 3.8) is 0 Å². The van der Waals surface area contributed by atoms with Crippen molar-refractivity contribution in [1.82, 2.24) is 15.3 Å². The molecule has 0 bridgehead atoms. The molecule has 1 aromatic heterocycles. The quantitative estimate of drug-likeness (QED) is 0.409. The number of nitrogens with zero attached hydrogens (tertiary/aromatic N) is 2. The van der Waals surface area contributed by atoms with Crippen molar-refractivity contribution < 1.29 is 9.59 Å². The molecule has 0 aliphatic carbocycles. The molecule has 0 aliphatic rings. The molecule has 0 fully saturated rings. The number of halogens is 1. The van der Waals surface area contributed by atoms with Crippen LogP contribution < -0.4 is 10.6 Å². The van der Waals surface area contributed by atoms with Gasteiger partial charge in [-0.05, 0) is 49.5 Å². The van der Waals surface area contributed by atoms with E-state index in [1.54, 1.807) is 11.8 Å². The first-order chi connectivity index (χ1) is 13.9. The van der Waals surface area contributed by atoms with Crippen molar-refractivity contribution in [3.8, 4) is 0 Å². The summed E-state index contributed by atoms with van der Waals surface area (Å²) in [6.07, 6.45) is 4.83. The Morgan fingerprint density at radius 2 is 2.07 bits per heavy atom. The number of benzene rings is 1. The third kappa shape index (κ3) is 7.53. The molecule has 156 valence electrons. The average Bonchev–Trinajstić information content (AvgIpc) is 2.70. The molecular formula is C20H25ClN4O2S2. The Labute approximate surface area is 185 Å². The summed E-state index contributed by atoms with van der Waals surface area (Å²) >= 11 is 9.21. The van der Waals surface area contributed by atoms with Crippen LogP contribution in [0, 0.1) is 6.92 Å². The van der Waals surface area contributed by atoms with Gasteiger partial charge in [0.15, 0.2) is 10.9 Å². The van der Waals surface area contributed by atoms with Crippen molar-refractivity contribution in [2.24, 2.45) is 0 Å². The normalized spacial score (nSPS) is 11.7. The molecule has 2 amide bonds. The predicted octanol–water partition coefficient (Wildman–Crippen LogP) is 4.43. The molecule has 29 heavy (non-hydrogen) atoms. The summed E-state index contributed by atoms with van der Waals surface area (Å²) in [5.41, 5.74) is 1.81. The first-order valence-electron chi connectivity index (χ1n) is 9.27. The highest BCUT2D eigenvalue weighted by Gasteiger charge is 2.24. The van der Waals surface area contributed by atoms with Gasteiger partial charge in [0, 0.05) is 11.4 Å². The van der Waals surface area contributed by atoms with Gasteiger partial charge < -0.3 is 10.6 Å². The monoisotopic (exact) mass is 452 g/mol. The van der Waals surface area contributed by atoms with Gasteiger partial charge in [0.2, 0.25) is 5.91 Å². The molecule has 0 saturated carbocycles. The number of thioether (sulfide) groups is 2. The topological polar surface area (TPSA) is 84.0 Å². The van der Waals surface area contributed by atoms with E-state index in [1.165, 1.54) is 18.0 Å². The molecule has 1 aromatic carbocycles. The number of hydrogen-bond donors (Lipinski definition) is 2. The van der Waals surface area contributed by atoms with Crippen molar-refractivity contribution in [1.29, 1.82) is 0 Å². The van der Waals surface area contributed by atoms with Crippen molar-refractivity contribution in [2.45, 2.75) is 37.9 Å². The Hall–Kier alpha value is -1.77. The molecule has 1 heterocycles. The fraction of sp³-hybridized carbons (Fsp3) is 0.400. The van der Waals surface area contributed by atoms with Crippen molar-refractivity contribution in [2.75, 3.05) is 23.1 Å². The number of carbonyl (C=O) groups excluding carboxylic acids is 2. The lowest BCUT2D eigenvalue weighted by Crippen LogP contribution is -2.44. The Morgan fingerprint density at radius 1 is 1.28 bits per heavy atom. The van der Waals surface area contributed by atoms with E-state index in [2.05, 4.69) is 27.5 Å². The summed E-state index contributed by atoms with van der Waals surface area (Å²) in [4.78, 5) is 34.0. The van der Waals surface area contributed by atoms with E-state index in [0.717, 1.165) is 23.5 Å². The highest BCUT2D eigenvalue weighted by Crippen LogP contribution is 2.19. The molecule has 0 saturated heterocycles. The first-order valence-corrected chi connectivity index (χ1v) is 12.0. The van der Waals surface area contributed by atoms with Gasteiger partial charge in [-0.2, -0.15) is 11.8 Å². The average molecular weight is 453 g/mol. The number of aryl methyl sites for hydroxylation is 1. The molecule has 0 aliphatic heterocycles. The van der Waals surface area contributed by atoms with Gasteiger partial charge in [0.25, 0.3) is 5.91 Å². The Kier molecular flexibility index (Phi) is 9.76. The van der Waals surface area contributed by atoms with Crippen molar-refractivity contribution in [3.05, 3.63) is 46.7 Å². The zero-order valence-electron chi connectivity index (χ0n) is 16.7. The third-order valence-corrected chi connectivity index (χ3v) is 5.88. The van der Waals surface area contributed by atoms with Gasteiger partial charge in [-0.15, -0.1) is 0 Å². The second kappa shape index (κ2) is 12.0. The molecule has 2 aromatic rings. The van der Waals surface area contributed by atoms with E-state index in [-0.39, 0.29) is 16.6 Å². The summed E-state index contributed by atoms with van der Waals surface area (Å²) in [5, 5.41) is 6.30. The van der Waals surface area contributed by atoms with Crippen LogP contribution in [0.25, 0.3) is 0 Å². The van der Waals surface area contributed by atoms with Crippen LogP contribution in [0.4, 0.5) is 5.69 Å². The number of rotatable bonds is 10. The minimum absolute atomic E-state index is 0.0813. The van der Waals surface area contributed by atoms with E-state index in [0.29, 0.717) is 17.3 Å². The largest absolute Gasteiger partial charge is 0.339 e. The maximum absolute atomic E-state index is 12.8. The van der Waals surface area contributed by atoms with Crippen molar-refractivity contribution >= 4 is 52.6 Å². The fourth-order valence-corrected chi connectivity index (χ4v) is 3.77. The lowest BCUT2D eigenvalue weighted by atomic mass is 10.1. The Balaban J connectivity index is 2.14. The van der Waals surface area contributed by atoms with E-state index < -0.39 is 11.9 Å². The molecule has 2 N–H and O–H groups in total. The van der Waals surface area contributed by atoms with Crippen LogP contribution in [-0.2, 0) is 4.79 Å². The van der Waals surface area contributed by atoms with Gasteiger partial charge in [-0.3, -0.25) is 9.59 Å². The lowest BCUT2D eigenvalue weighted by molar-refractivity contribution is -0.118. The molecule has 0 unspecified atom stereocenters. The standard InChI is InChI=1S/C20H25ClN4O2S2/c1-4-9-29-20-22-12-15(21)17(25-20)19(27)24-16(8-10-28-3)18(26)23-14-7-5-6-13(2)11-14/h5-7,11-12,16H,4,8-10H2,1-3H3,(H,23,26)(H,24,27)/t16-/m1/s1. The van der Waals surface area contributed by atoms with Gasteiger partial charge in [0.05, 0.1) is 11.2 Å². The molecule has 0 radical (unpaired) electrons. The highest BCUT2D eigenvalue weighted by atomic mass is 35.5. The summed E-state index contributed by atoms with van der Waals surface area (Å²) in [6.45, 7) is 4.01. The zero-order chi connectivity index (χ0) is 21.2. The second-order valence-electron chi connectivity index (χ2n) is 6.36. The lowest BCUT2D eigenvalue weighted by Gasteiger charge is -2.18. The Bertz CT molecular complexity index is 851. The van der Waals surface area contributed by atoms with Crippen LogP contribution in [0.1, 0.15) is 35.8 Å². The highest BCUT2D eigenvalue weighted by molar-refractivity contribution is 7.99. The fourth-order valence-electron chi connectivity index (χ4n) is 2.46. The minimum Gasteiger partial charge on any atom is -0.339 e. The second-order valence-corrected chi connectivity index (χ2v) is 8.82. The molecule has 1 atom stereocenters. The smallest absolute Gasteiger partial charge is 0.272 e. The van der Waals surface area contributed by atoms with Crippen LogP contribution >= 0.6 is 35.1 Å². The molecule has 9 heteroatoms. The van der Waals surface area contributed by atoms with Crippen LogP contribution in [0.3, 0.4) is 0 Å². The summed E-state index contributed by atoms with van der Waals surface area (Å²) in [6, 6.07) is 6.82. The number of aromatic nitrogens is 2. The van der Waals surface area contributed by atoms with Gasteiger partial charge in [-0.1, -0.05) is 42.4 Å². The van der Waals surface area contributed by atoms with E-state index in [1.807, 2.05) is 37.4 Å². The van der Waals surface area contributed by atoms with E-state index in [4.69, 9.17) is 11.6 Å². The summed E-state index contributed by atoms with van der Waals surface area (Å²) in [7, 11) is 0. The summed E-state index contributed by atoms with van der Waals surface area (Å²) in [5.74, 6) is 0.809. The molecular weight excluding hydrogens is 428 g/mol. The van der Waals surface area contributed by atoms with Crippen LogP contribution in [0.2, 0.25) is 5.02 Å². The Morgan fingerprint density at radius 3 is 2.76 bits per heavy atom. The third-order valence-electron chi connectivity index (χ3n) is 3.89. The molecule has 0 spiro atoms. The van der Waals surface area contributed by atoms with Crippen LogP contribution in [0.15, 0.2) is 35.6 Å². The van der Waals surface area contributed by atoms with Gasteiger partial charge >= 0.3 is 0 Å². The van der Waals surface area contributed by atoms with E-state index >= 15 is 0 Å². The number of amides is 2. The summed E-state index contributed by atoms with van der Waals surface area (Å²) < 4.78 is 0. The zero-order valence-corrected chi connectivity index (χ0v) is 19.1. The number of carbonyl (C=O) groups is 2. The SMILES string of the molecule is CCCSc1ncc(Cl)c(C(=O)N[C@H](CCSC)C(=O)Nc2cccc(C)c2)n1. The van der Waals surface area contributed by atoms with Gasteiger partial charge in [-0.25, -0.2) is 9.97 Å². The van der Waals surface area contributed by atoms with Crippen LogP contribution in [-0.4, -0.2) is 45.6 Å². The molecule has 6 nitrogen and oxygen atoms in total. The van der Waals surface area contributed by atoms with Crippen LogP contribution in [0.5, 0.6) is 0 Å².